The zero-order valence-corrected chi connectivity index (χ0v) is 42.3. The van der Waals surface area contributed by atoms with Crippen molar-refractivity contribution in [3.8, 4) is 5.75 Å². The van der Waals surface area contributed by atoms with Gasteiger partial charge in [-0.1, -0.05) is 17.7 Å². The van der Waals surface area contributed by atoms with E-state index < -0.39 is 17.5 Å². The lowest BCUT2D eigenvalue weighted by Crippen LogP contribution is -2.47. The summed E-state index contributed by atoms with van der Waals surface area (Å²) in [6.45, 7) is 20.4. The van der Waals surface area contributed by atoms with Gasteiger partial charge in [0.1, 0.15) is 23.2 Å². The smallest absolute Gasteiger partial charge is 0.132 e. The summed E-state index contributed by atoms with van der Waals surface area (Å²) < 4.78 is 102. The van der Waals surface area contributed by atoms with Crippen LogP contribution in [0, 0.1) is 24.4 Å². The van der Waals surface area contributed by atoms with E-state index in [4.69, 9.17) is 57.8 Å². The van der Waals surface area contributed by atoms with Gasteiger partial charge >= 0.3 is 0 Å². The van der Waals surface area contributed by atoms with Crippen molar-refractivity contribution in [2.45, 2.75) is 64.7 Å². The molecule has 1 fully saturated rings. The van der Waals surface area contributed by atoms with Gasteiger partial charge in [0.05, 0.1) is 125 Å². The number of nitrogens with two attached hydrogens (primary N) is 1. The summed E-state index contributed by atoms with van der Waals surface area (Å²) in [7, 11) is 0. The Morgan fingerprint density at radius 3 is 1.46 bits per heavy atom. The van der Waals surface area contributed by atoms with E-state index in [2.05, 4.69) is 34.2 Å². The van der Waals surface area contributed by atoms with Crippen molar-refractivity contribution < 1.29 is 65.3 Å². The Morgan fingerprint density at radius 2 is 0.929 bits per heavy atom. The molecular weight excluding hydrogens is 914 g/mol. The van der Waals surface area contributed by atoms with E-state index in [1.165, 1.54) is 5.56 Å². The molecule has 0 radical (unpaired) electrons. The second-order valence-electron chi connectivity index (χ2n) is 17.0. The monoisotopic (exact) mass is 1000 g/mol. The average molecular weight is 1000 g/mol. The van der Waals surface area contributed by atoms with Crippen LogP contribution in [-0.2, 0) is 53.8 Å². The van der Waals surface area contributed by atoms with Crippen LogP contribution in [0.2, 0.25) is 0 Å². The van der Waals surface area contributed by atoms with Crippen LogP contribution in [0.5, 0.6) is 5.75 Å². The van der Waals surface area contributed by atoms with E-state index >= 15 is 0 Å². The number of ether oxygens (including phenoxy) is 11. The van der Waals surface area contributed by atoms with Crippen molar-refractivity contribution in [3.63, 3.8) is 0 Å². The number of halogens is 3. The molecule has 402 valence electrons. The van der Waals surface area contributed by atoms with E-state index in [1.54, 1.807) is 6.20 Å². The van der Waals surface area contributed by atoms with Gasteiger partial charge in [-0.25, -0.2) is 13.2 Å². The standard InChI is InChI=1S/C52H87F3N4O11/c1-46-10-12-49(13-11-46)70-25-9-5-16-58-17-19-59(20-18-58)21-27-64-32-37-67-38-39-68-40-41-69-45-48(56)44-57-15-4-2-6-22-60-28-33-65-34-29-61-23-7-3-8-24-62-30-35-66-36-31-63-26-14-50-51(54)42-47(53)43-52(50)55/h10-13,42-44,57H,2-9,14-41,45,56H2,1H3/b48-44-. The second-order valence-corrected chi connectivity index (χ2v) is 17.0. The quantitative estimate of drug-likeness (QED) is 0.0713. The number of benzene rings is 2. The van der Waals surface area contributed by atoms with E-state index in [0.29, 0.717) is 137 Å². The fourth-order valence-electron chi connectivity index (χ4n) is 7.05. The fourth-order valence-corrected chi connectivity index (χ4v) is 7.05. The number of nitrogens with one attached hydrogen (secondary N) is 1. The molecule has 18 heteroatoms. The largest absolute Gasteiger partial charge is 0.494 e. The lowest BCUT2D eigenvalue weighted by molar-refractivity contribution is -0.00342. The Bertz CT molecular complexity index is 1520. The SMILES string of the molecule is Cc1ccc(OCCCCN2CCN(CCOCCOCCOCCOC/C(N)=C/NCCCCCOCCOCCOCCCCCOCCOCCOCCc3c(F)cc(F)cc3F)CC2)cc1. The zero-order valence-electron chi connectivity index (χ0n) is 42.3. The van der Waals surface area contributed by atoms with Gasteiger partial charge in [-0.2, -0.15) is 0 Å². The van der Waals surface area contributed by atoms with E-state index in [0.717, 1.165) is 116 Å². The Balaban J connectivity index is 0.914. The lowest BCUT2D eigenvalue weighted by atomic mass is 10.1. The van der Waals surface area contributed by atoms with Gasteiger partial charge < -0.3 is 68.1 Å². The van der Waals surface area contributed by atoms with Gasteiger partial charge in [0.15, 0.2) is 0 Å². The molecule has 1 saturated heterocycles. The number of hydrogen-bond donors (Lipinski definition) is 2. The molecule has 2 aromatic carbocycles. The van der Waals surface area contributed by atoms with Gasteiger partial charge in [0.25, 0.3) is 0 Å². The Morgan fingerprint density at radius 1 is 0.500 bits per heavy atom. The number of rotatable bonds is 48. The number of hydrogen-bond acceptors (Lipinski definition) is 15. The maximum Gasteiger partial charge on any atom is 0.132 e. The fraction of sp³-hybridized carbons (Fsp3) is 0.731. The van der Waals surface area contributed by atoms with Crippen LogP contribution in [0.4, 0.5) is 13.2 Å². The molecule has 15 nitrogen and oxygen atoms in total. The van der Waals surface area contributed by atoms with Crippen LogP contribution in [0.15, 0.2) is 48.3 Å². The molecule has 1 aliphatic heterocycles. The molecule has 3 rings (SSSR count). The van der Waals surface area contributed by atoms with Crippen LogP contribution in [0.1, 0.15) is 62.5 Å². The third-order valence-corrected chi connectivity index (χ3v) is 11.1. The lowest BCUT2D eigenvalue weighted by Gasteiger charge is -2.34. The molecule has 2 aromatic rings. The maximum absolute atomic E-state index is 13.6. The minimum absolute atomic E-state index is 0.0232. The van der Waals surface area contributed by atoms with Crippen molar-refractivity contribution in [1.82, 2.24) is 15.1 Å². The first kappa shape index (κ1) is 61.2. The topological polar surface area (TPSA) is 146 Å². The Labute approximate surface area is 417 Å². The highest BCUT2D eigenvalue weighted by atomic mass is 19.1. The highest BCUT2D eigenvalue weighted by Crippen LogP contribution is 2.16. The predicted molar refractivity (Wildman–Crippen MR) is 265 cm³/mol. The molecular formula is C52H87F3N4O11. The van der Waals surface area contributed by atoms with Crippen molar-refractivity contribution in [3.05, 3.63) is 76.9 Å². The highest BCUT2D eigenvalue weighted by molar-refractivity contribution is 5.26. The molecule has 70 heavy (non-hydrogen) atoms. The zero-order chi connectivity index (χ0) is 49.8. The normalized spacial score (nSPS) is 13.7. The van der Waals surface area contributed by atoms with Crippen LogP contribution in [-0.4, -0.2) is 194 Å². The van der Waals surface area contributed by atoms with Crippen molar-refractivity contribution in [2.24, 2.45) is 5.73 Å². The van der Waals surface area contributed by atoms with Gasteiger partial charge in [0, 0.05) is 89.4 Å². The molecule has 0 amide bonds. The number of unbranched alkanes of at least 4 members (excludes halogenated alkanes) is 5. The molecule has 1 heterocycles. The minimum atomic E-state index is -0.937. The van der Waals surface area contributed by atoms with Crippen LogP contribution in [0.25, 0.3) is 0 Å². The first-order valence-electron chi connectivity index (χ1n) is 25.6. The van der Waals surface area contributed by atoms with Gasteiger partial charge in [-0.15, -0.1) is 0 Å². The summed E-state index contributed by atoms with van der Waals surface area (Å²) in [5.74, 6) is -1.79. The molecule has 0 spiro atoms. The predicted octanol–water partition coefficient (Wildman–Crippen LogP) is 6.33. The molecule has 1 aliphatic rings. The summed E-state index contributed by atoms with van der Waals surface area (Å²) in [5, 5.41) is 3.25. The van der Waals surface area contributed by atoms with Crippen molar-refractivity contribution in [2.75, 3.05) is 185 Å². The van der Waals surface area contributed by atoms with Crippen molar-refractivity contribution >= 4 is 0 Å². The Hall–Kier alpha value is -3.11. The molecule has 0 saturated carbocycles. The van der Waals surface area contributed by atoms with Gasteiger partial charge in [-0.05, 0) is 77.0 Å². The van der Waals surface area contributed by atoms with E-state index in [-0.39, 0.29) is 18.6 Å². The number of aryl methyl sites for hydroxylation is 1. The van der Waals surface area contributed by atoms with Gasteiger partial charge in [-0.3, -0.25) is 4.90 Å². The molecule has 3 N–H and O–H groups in total. The van der Waals surface area contributed by atoms with E-state index in [1.807, 2.05) is 12.1 Å². The number of nitrogens with zero attached hydrogens (tertiary/aromatic N) is 2. The molecule has 0 aliphatic carbocycles. The average Bonchev–Trinajstić information content (AvgIpc) is 3.35. The first-order chi connectivity index (χ1) is 34.4. The highest BCUT2D eigenvalue weighted by Gasteiger charge is 2.16. The third-order valence-electron chi connectivity index (χ3n) is 11.1. The van der Waals surface area contributed by atoms with Gasteiger partial charge in [0.2, 0.25) is 0 Å². The summed E-state index contributed by atoms with van der Waals surface area (Å²) in [4.78, 5) is 5.03. The third kappa shape index (κ3) is 34.3. The molecule has 0 bridgehead atoms. The summed E-state index contributed by atoms with van der Waals surface area (Å²) in [6, 6.07) is 9.59. The van der Waals surface area contributed by atoms with Crippen LogP contribution in [0.3, 0.4) is 0 Å². The first-order valence-corrected chi connectivity index (χ1v) is 25.6. The van der Waals surface area contributed by atoms with Crippen LogP contribution < -0.4 is 15.8 Å². The summed E-state index contributed by atoms with van der Waals surface area (Å²) in [5.41, 5.74) is 7.76. The summed E-state index contributed by atoms with van der Waals surface area (Å²) in [6.07, 6.45) is 10.0. The second kappa shape index (κ2) is 43.5. The Kier molecular flexibility index (Phi) is 38.0. The minimum Gasteiger partial charge on any atom is -0.494 e. The van der Waals surface area contributed by atoms with Crippen LogP contribution >= 0.6 is 0 Å². The summed E-state index contributed by atoms with van der Waals surface area (Å²) >= 11 is 0. The van der Waals surface area contributed by atoms with Crippen molar-refractivity contribution in [1.29, 1.82) is 0 Å². The molecule has 0 unspecified atom stereocenters. The van der Waals surface area contributed by atoms with E-state index in [9.17, 15) is 13.2 Å². The number of piperazine rings is 1. The molecule has 0 atom stereocenters. The maximum atomic E-state index is 13.6. The molecule has 0 aromatic heterocycles.